The van der Waals surface area contributed by atoms with Crippen LogP contribution in [0.4, 0.5) is 0 Å². The van der Waals surface area contributed by atoms with E-state index >= 15 is 0 Å². The number of carboxylic acids is 1. The summed E-state index contributed by atoms with van der Waals surface area (Å²) in [5, 5.41) is 12.6. The normalized spacial score (nSPS) is 24.3. The SMILES string of the molecule is CC1(C)[C@H](C(=O)O)[C@@H]1C(=O)NCc1cc(Cl)cc2c1OCC2. The number of carboxylic acid groups (broad SMARTS) is 1. The minimum absolute atomic E-state index is 0.232. The van der Waals surface area contributed by atoms with Gasteiger partial charge in [-0.2, -0.15) is 0 Å². The third-order valence-corrected chi connectivity index (χ3v) is 4.87. The van der Waals surface area contributed by atoms with Crippen molar-refractivity contribution < 1.29 is 19.4 Å². The Labute approximate surface area is 133 Å². The van der Waals surface area contributed by atoms with Gasteiger partial charge in [-0.25, -0.2) is 0 Å². The summed E-state index contributed by atoms with van der Waals surface area (Å²) in [5.74, 6) is -1.47. The molecule has 0 saturated heterocycles. The molecule has 0 radical (unpaired) electrons. The van der Waals surface area contributed by atoms with Crippen LogP contribution in [-0.4, -0.2) is 23.6 Å². The van der Waals surface area contributed by atoms with Crippen molar-refractivity contribution in [3.8, 4) is 5.75 Å². The predicted octanol–water partition coefficient (Wildman–Crippen LogP) is 2.25. The van der Waals surface area contributed by atoms with Crippen molar-refractivity contribution in [2.24, 2.45) is 17.3 Å². The van der Waals surface area contributed by atoms with Crippen molar-refractivity contribution in [1.82, 2.24) is 5.32 Å². The molecule has 2 N–H and O–H groups in total. The number of ether oxygens (including phenoxy) is 1. The van der Waals surface area contributed by atoms with E-state index in [4.69, 9.17) is 21.4 Å². The van der Waals surface area contributed by atoms with Gasteiger partial charge in [0.15, 0.2) is 0 Å². The van der Waals surface area contributed by atoms with E-state index < -0.39 is 23.2 Å². The second-order valence-electron chi connectivity index (χ2n) is 6.48. The summed E-state index contributed by atoms with van der Waals surface area (Å²) in [6.07, 6.45) is 0.813. The molecule has 1 aliphatic heterocycles. The van der Waals surface area contributed by atoms with E-state index in [1.165, 1.54) is 0 Å². The Morgan fingerprint density at radius 2 is 2.14 bits per heavy atom. The summed E-state index contributed by atoms with van der Waals surface area (Å²) in [7, 11) is 0. The first kappa shape index (κ1) is 15.2. The second-order valence-corrected chi connectivity index (χ2v) is 6.92. The third kappa shape index (κ3) is 2.43. The van der Waals surface area contributed by atoms with Gasteiger partial charge in [0.1, 0.15) is 5.75 Å². The van der Waals surface area contributed by atoms with Crippen LogP contribution in [0.1, 0.15) is 25.0 Å². The summed E-state index contributed by atoms with van der Waals surface area (Å²) < 4.78 is 5.59. The lowest BCUT2D eigenvalue weighted by atomic mass is 10.1. The van der Waals surface area contributed by atoms with E-state index in [0.717, 1.165) is 23.3 Å². The Balaban J connectivity index is 1.69. The Hall–Kier alpha value is -1.75. The van der Waals surface area contributed by atoms with Gasteiger partial charge in [-0.15, -0.1) is 0 Å². The quantitative estimate of drug-likeness (QED) is 0.891. The highest BCUT2D eigenvalue weighted by Gasteiger charge is 2.65. The zero-order valence-electron chi connectivity index (χ0n) is 12.5. The molecule has 0 unspecified atom stereocenters. The number of carbonyl (C=O) groups excluding carboxylic acids is 1. The van der Waals surface area contributed by atoms with Gasteiger partial charge in [0.2, 0.25) is 5.91 Å². The van der Waals surface area contributed by atoms with E-state index in [-0.39, 0.29) is 5.91 Å². The first-order valence-electron chi connectivity index (χ1n) is 7.27. The molecule has 6 heteroatoms. The first-order chi connectivity index (χ1) is 10.3. The number of aliphatic carboxylic acids is 1. The van der Waals surface area contributed by atoms with Crippen molar-refractivity contribution in [2.45, 2.75) is 26.8 Å². The summed E-state index contributed by atoms with van der Waals surface area (Å²) in [6, 6.07) is 3.65. The molecular formula is C16H18ClNO4. The molecule has 5 nitrogen and oxygen atoms in total. The van der Waals surface area contributed by atoms with Crippen molar-refractivity contribution in [1.29, 1.82) is 0 Å². The largest absolute Gasteiger partial charge is 0.493 e. The lowest BCUT2D eigenvalue weighted by molar-refractivity contribution is -0.140. The van der Waals surface area contributed by atoms with Crippen LogP contribution in [0.2, 0.25) is 5.02 Å². The molecule has 22 heavy (non-hydrogen) atoms. The number of halogens is 1. The van der Waals surface area contributed by atoms with Gasteiger partial charge in [0, 0.05) is 23.6 Å². The topological polar surface area (TPSA) is 75.6 Å². The fourth-order valence-corrected chi connectivity index (χ4v) is 3.62. The highest BCUT2D eigenvalue weighted by molar-refractivity contribution is 6.30. The fourth-order valence-electron chi connectivity index (χ4n) is 3.36. The van der Waals surface area contributed by atoms with Crippen LogP contribution >= 0.6 is 11.6 Å². The molecule has 1 aliphatic carbocycles. The van der Waals surface area contributed by atoms with Crippen LogP contribution in [0.25, 0.3) is 0 Å². The van der Waals surface area contributed by atoms with Gasteiger partial charge in [0.05, 0.1) is 18.4 Å². The maximum Gasteiger partial charge on any atom is 0.307 e. The fraction of sp³-hybridized carbons (Fsp3) is 0.500. The number of benzene rings is 1. The van der Waals surface area contributed by atoms with Gasteiger partial charge in [-0.05, 0) is 23.1 Å². The molecule has 1 heterocycles. The van der Waals surface area contributed by atoms with Gasteiger partial charge in [-0.3, -0.25) is 9.59 Å². The summed E-state index contributed by atoms with van der Waals surface area (Å²) >= 11 is 6.08. The molecule has 2 aliphatic rings. The van der Waals surface area contributed by atoms with Crippen molar-refractivity contribution in [2.75, 3.05) is 6.61 Å². The van der Waals surface area contributed by atoms with Crippen LogP contribution in [-0.2, 0) is 22.6 Å². The number of carbonyl (C=O) groups is 2. The summed E-state index contributed by atoms with van der Waals surface area (Å²) in [5.41, 5.74) is 1.38. The molecule has 1 saturated carbocycles. The van der Waals surface area contributed by atoms with E-state index in [0.29, 0.717) is 18.2 Å². The van der Waals surface area contributed by atoms with Crippen LogP contribution < -0.4 is 10.1 Å². The van der Waals surface area contributed by atoms with Crippen LogP contribution in [0.3, 0.4) is 0 Å². The lowest BCUT2D eigenvalue weighted by Gasteiger charge is -2.11. The number of nitrogens with one attached hydrogen (secondary N) is 1. The molecule has 3 rings (SSSR count). The van der Waals surface area contributed by atoms with Gasteiger partial charge in [-0.1, -0.05) is 25.4 Å². The Kier molecular flexibility index (Phi) is 3.56. The maximum absolute atomic E-state index is 12.2. The Morgan fingerprint density at radius 1 is 1.41 bits per heavy atom. The highest BCUT2D eigenvalue weighted by Crippen LogP contribution is 2.58. The highest BCUT2D eigenvalue weighted by atomic mass is 35.5. The molecule has 0 aromatic heterocycles. The van der Waals surface area contributed by atoms with Crippen LogP contribution in [0.5, 0.6) is 5.75 Å². The molecule has 1 fully saturated rings. The first-order valence-corrected chi connectivity index (χ1v) is 7.64. The number of rotatable bonds is 4. The van der Waals surface area contributed by atoms with Crippen molar-refractivity contribution in [3.63, 3.8) is 0 Å². The van der Waals surface area contributed by atoms with Gasteiger partial charge < -0.3 is 15.2 Å². The molecule has 1 aromatic rings. The average Bonchev–Trinajstić information content (AvgIpc) is 2.79. The van der Waals surface area contributed by atoms with E-state index in [9.17, 15) is 9.59 Å². The Morgan fingerprint density at radius 3 is 2.77 bits per heavy atom. The number of fused-ring (bicyclic) bond motifs is 1. The molecule has 2 atom stereocenters. The van der Waals surface area contributed by atoms with E-state index in [2.05, 4.69) is 5.32 Å². The molecule has 118 valence electrons. The summed E-state index contributed by atoms with van der Waals surface area (Å²) in [6.45, 7) is 4.51. The predicted molar refractivity (Wildman–Crippen MR) is 80.9 cm³/mol. The van der Waals surface area contributed by atoms with Gasteiger partial charge in [0.25, 0.3) is 0 Å². The van der Waals surface area contributed by atoms with Crippen LogP contribution in [0.15, 0.2) is 12.1 Å². The zero-order valence-corrected chi connectivity index (χ0v) is 13.2. The smallest absolute Gasteiger partial charge is 0.307 e. The standard InChI is InChI=1S/C16H18ClNO4/c1-16(2)11(12(16)15(20)21)14(19)18-7-9-6-10(17)5-8-3-4-22-13(8)9/h5-6,11-12H,3-4,7H2,1-2H3,(H,18,19)(H,20,21)/t11-,12+/m1/s1. The minimum Gasteiger partial charge on any atom is -0.493 e. The molecular weight excluding hydrogens is 306 g/mol. The number of hydrogen-bond donors (Lipinski definition) is 2. The van der Waals surface area contributed by atoms with E-state index in [1.54, 1.807) is 19.9 Å². The molecule has 1 amide bonds. The molecule has 0 bridgehead atoms. The summed E-state index contributed by atoms with van der Waals surface area (Å²) in [4.78, 5) is 23.4. The van der Waals surface area contributed by atoms with Crippen molar-refractivity contribution in [3.05, 3.63) is 28.3 Å². The molecule has 0 spiro atoms. The van der Waals surface area contributed by atoms with E-state index in [1.807, 2.05) is 6.07 Å². The average molecular weight is 324 g/mol. The van der Waals surface area contributed by atoms with Crippen LogP contribution in [0, 0.1) is 17.3 Å². The Bertz CT molecular complexity index is 656. The number of hydrogen-bond acceptors (Lipinski definition) is 3. The second kappa shape index (κ2) is 5.16. The number of amides is 1. The third-order valence-electron chi connectivity index (χ3n) is 4.65. The van der Waals surface area contributed by atoms with Crippen molar-refractivity contribution >= 4 is 23.5 Å². The monoisotopic (exact) mass is 323 g/mol. The molecule has 1 aromatic carbocycles. The minimum atomic E-state index is -0.919. The zero-order chi connectivity index (χ0) is 16.1. The lowest BCUT2D eigenvalue weighted by Crippen LogP contribution is -2.27. The van der Waals surface area contributed by atoms with Gasteiger partial charge >= 0.3 is 5.97 Å². The maximum atomic E-state index is 12.2.